The molecule has 2 fully saturated rings. The number of carboxylic acids is 1. The number of aliphatic carboxylic acids is 1. The van der Waals surface area contributed by atoms with Crippen molar-refractivity contribution in [2.45, 2.75) is 69.5 Å². The fourth-order valence-electron chi connectivity index (χ4n) is 3.57. The Labute approximate surface area is 126 Å². The summed E-state index contributed by atoms with van der Waals surface area (Å²) >= 11 is 0. The molecule has 3 N–H and O–H groups in total. The first-order valence-electron chi connectivity index (χ1n) is 8.04. The summed E-state index contributed by atoms with van der Waals surface area (Å²) in [5, 5.41) is 14.4. The Balaban J connectivity index is 1.63. The molecule has 2 unspecified atom stereocenters. The van der Waals surface area contributed by atoms with Gasteiger partial charge in [-0.05, 0) is 45.6 Å². The predicted octanol–water partition coefficient (Wildman–Crippen LogP) is 1.56. The second-order valence-electron chi connectivity index (χ2n) is 6.32. The maximum absolute atomic E-state index is 11.9. The topological polar surface area (TPSA) is 81.7 Å². The highest BCUT2D eigenvalue weighted by atomic mass is 16.4. The van der Waals surface area contributed by atoms with Crippen LogP contribution in [-0.2, 0) is 4.79 Å². The van der Waals surface area contributed by atoms with Crippen LogP contribution >= 0.6 is 0 Å². The molecule has 2 rings (SSSR count). The van der Waals surface area contributed by atoms with Gasteiger partial charge in [-0.3, -0.25) is 4.79 Å². The van der Waals surface area contributed by atoms with Gasteiger partial charge in [0.1, 0.15) is 0 Å². The minimum atomic E-state index is -0.780. The van der Waals surface area contributed by atoms with Gasteiger partial charge in [0, 0.05) is 31.1 Å². The SMILES string of the molecule is CN1C2CCCC1CC(NC(=O)NCCCCC(=O)O)C2. The van der Waals surface area contributed by atoms with Gasteiger partial charge in [0.2, 0.25) is 0 Å². The van der Waals surface area contributed by atoms with E-state index in [1.807, 2.05) is 0 Å². The number of hydrogen-bond donors (Lipinski definition) is 3. The molecule has 2 bridgehead atoms. The quantitative estimate of drug-likeness (QED) is 0.650. The largest absolute Gasteiger partial charge is 0.481 e. The molecule has 6 nitrogen and oxygen atoms in total. The van der Waals surface area contributed by atoms with Crippen LogP contribution in [0, 0.1) is 0 Å². The highest BCUT2D eigenvalue weighted by Gasteiger charge is 2.36. The van der Waals surface area contributed by atoms with E-state index in [9.17, 15) is 9.59 Å². The van der Waals surface area contributed by atoms with Crippen LogP contribution in [0.4, 0.5) is 4.79 Å². The van der Waals surface area contributed by atoms with E-state index < -0.39 is 5.97 Å². The second-order valence-corrected chi connectivity index (χ2v) is 6.32. The fourth-order valence-corrected chi connectivity index (χ4v) is 3.57. The van der Waals surface area contributed by atoms with Crippen LogP contribution in [0.5, 0.6) is 0 Å². The maximum Gasteiger partial charge on any atom is 0.315 e. The van der Waals surface area contributed by atoms with E-state index in [4.69, 9.17) is 5.11 Å². The van der Waals surface area contributed by atoms with Crippen molar-refractivity contribution in [2.75, 3.05) is 13.6 Å². The average Bonchev–Trinajstić information content (AvgIpc) is 2.39. The second kappa shape index (κ2) is 7.64. The lowest BCUT2D eigenvalue weighted by Crippen LogP contribution is -2.56. The van der Waals surface area contributed by atoms with E-state index in [-0.39, 0.29) is 18.5 Å². The molecule has 0 radical (unpaired) electrons. The molecule has 2 amide bonds. The number of urea groups is 1. The lowest BCUT2D eigenvalue weighted by Gasteiger charge is -2.47. The van der Waals surface area contributed by atoms with Gasteiger partial charge in [-0.1, -0.05) is 6.42 Å². The Morgan fingerprint density at radius 3 is 2.48 bits per heavy atom. The van der Waals surface area contributed by atoms with Gasteiger partial charge in [-0.2, -0.15) is 0 Å². The monoisotopic (exact) mass is 297 g/mol. The van der Waals surface area contributed by atoms with Crippen LogP contribution in [0.25, 0.3) is 0 Å². The summed E-state index contributed by atoms with van der Waals surface area (Å²) in [4.78, 5) is 24.7. The van der Waals surface area contributed by atoms with Gasteiger partial charge in [0.15, 0.2) is 0 Å². The molecule has 120 valence electrons. The number of amides is 2. The maximum atomic E-state index is 11.9. The first kappa shape index (κ1) is 16.1. The third kappa shape index (κ3) is 4.88. The van der Waals surface area contributed by atoms with E-state index >= 15 is 0 Å². The van der Waals surface area contributed by atoms with E-state index in [1.165, 1.54) is 19.3 Å². The molecule has 0 aromatic rings. The van der Waals surface area contributed by atoms with Crippen LogP contribution in [0.1, 0.15) is 51.4 Å². The van der Waals surface area contributed by atoms with E-state index in [1.54, 1.807) is 0 Å². The number of carbonyl (C=O) groups excluding carboxylic acids is 1. The van der Waals surface area contributed by atoms with Crippen molar-refractivity contribution >= 4 is 12.0 Å². The molecule has 2 heterocycles. The van der Waals surface area contributed by atoms with E-state index in [2.05, 4.69) is 22.6 Å². The molecule has 2 atom stereocenters. The lowest BCUT2D eigenvalue weighted by atomic mass is 9.82. The van der Waals surface area contributed by atoms with Gasteiger partial charge < -0.3 is 20.6 Å². The van der Waals surface area contributed by atoms with Crippen molar-refractivity contribution < 1.29 is 14.7 Å². The Kier molecular flexibility index (Phi) is 5.85. The number of fused-ring (bicyclic) bond motifs is 2. The minimum absolute atomic E-state index is 0.113. The van der Waals surface area contributed by atoms with Crippen molar-refractivity contribution in [3.8, 4) is 0 Å². The van der Waals surface area contributed by atoms with Crippen molar-refractivity contribution in [1.82, 2.24) is 15.5 Å². The number of rotatable bonds is 6. The van der Waals surface area contributed by atoms with Crippen molar-refractivity contribution in [3.05, 3.63) is 0 Å². The zero-order chi connectivity index (χ0) is 15.2. The van der Waals surface area contributed by atoms with Crippen LogP contribution in [0.15, 0.2) is 0 Å². The molecule has 0 aromatic carbocycles. The minimum Gasteiger partial charge on any atom is -0.481 e. The Morgan fingerprint density at radius 2 is 1.86 bits per heavy atom. The summed E-state index contributed by atoms with van der Waals surface area (Å²) < 4.78 is 0. The van der Waals surface area contributed by atoms with Gasteiger partial charge in [-0.25, -0.2) is 4.79 Å². The van der Waals surface area contributed by atoms with E-state index in [0.29, 0.717) is 31.5 Å². The number of hydrogen-bond acceptors (Lipinski definition) is 3. The standard InChI is InChI=1S/C15H27N3O3/c1-18-12-5-4-6-13(18)10-11(9-12)17-15(21)16-8-3-2-7-14(19)20/h11-13H,2-10H2,1H3,(H,19,20)(H2,16,17,21). The molecular formula is C15H27N3O3. The summed E-state index contributed by atoms with van der Waals surface area (Å²) in [5.41, 5.74) is 0. The predicted molar refractivity (Wildman–Crippen MR) is 80.2 cm³/mol. The molecule has 2 aliphatic rings. The molecule has 0 spiro atoms. The van der Waals surface area contributed by atoms with Crippen molar-refractivity contribution in [3.63, 3.8) is 0 Å². The Bertz CT molecular complexity index is 361. The lowest BCUT2D eigenvalue weighted by molar-refractivity contribution is -0.137. The number of piperidine rings is 2. The molecule has 2 saturated heterocycles. The van der Waals surface area contributed by atoms with Gasteiger partial charge in [-0.15, -0.1) is 0 Å². The molecule has 21 heavy (non-hydrogen) atoms. The van der Waals surface area contributed by atoms with Crippen LogP contribution in [-0.4, -0.2) is 53.7 Å². The molecule has 2 aliphatic heterocycles. The van der Waals surface area contributed by atoms with Gasteiger partial charge >= 0.3 is 12.0 Å². The Morgan fingerprint density at radius 1 is 1.19 bits per heavy atom. The Hall–Kier alpha value is -1.30. The van der Waals surface area contributed by atoms with E-state index in [0.717, 1.165) is 12.8 Å². The smallest absolute Gasteiger partial charge is 0.315 e. The van der Waals surface area contributed by atoms with Crippen LogP contribution in [0.3, 0.4) is 0 Å². The molecular weight excluding hydrogens is 270 g/mol. The first-order valence-corrected chi connectivity index (χ1v) is 8.04. The zero-order valence-corrected chi connectivity index (χ0v) is 12.8. The normalized spacial score (nSPS) is 28.9. The number of nitrogens with zero attached hydrogens (tertiary/aromatic N) is 1. The summed E-state index contributed by atoms with van der Waals surface area (Å²) in [6.45, 7) is 0.540. The number of carboxylic acid groups (broad SMARTS) is 1. The van der Waals surface area contributed by atoms with Gasteiger partial charge in [0.05, 0.1) is 0 Å². The van der Waals surface area contributed by atoms with Crippen molar-refractivity contribution in [1.29, 1.82) is 0 Å². The summed E-state index contributed by atoms with van der Waals surface area (Å²) in [6.07, 6.45) is 7.35. The highest BCUT2D eigenvalue weighted by molar-refractivity contribution is 5.74. The summed E-state index contributed by atoms with van der Waals surface area (Å²) in [5.74, 6) is -0.780. The average molecular weight is 297 g/mol. The molecule has 6 heteroatoms. The number of carbonyl (C=O) groups is 2. The third-order valence-electron chi connectivity index (χ3n) is 4.78. The van der Waals surface area contributed by atoms with Crippen molar-refractivity contribution in [2.24, 2.45) is 0 Å². The molecule has 0 saturated carbocycles. The molecule has 0 aromatic heterocycles. The third-order valence-corrected chi connectivity index (χ3v) is 4.78. The van der Waals surface area contributed by atoms with Gasteiger partial charge in [0.25, 0.3) is 0 Å². The summed E-state index contributed by atoms with van der Waals surface area (Å²) in [6, 6.07) is 1.38. The number of unbranched alkanes of at least 4 members (excludes halogenated alkanes) is 1. The van der Waals surface area contributed by atoms with Crippen LogP contribution in [0.2, 0.25) is 0 Å². The zero-order valence-electron chi connectivity index (χ0n) is 12.8. The number of nitrogens with one attached hydrogen (secondary N) is 2. The highest BCUT2D eigenvalue weighted by Crippen LogP contribution is 2.32. The summed E-state index contributed by atoms with van der Waals surface area (Å²) in [7, 11) is 2.20. The molecule has 0 aliphatic carbocycles. The first-order chi connectivity index (χ1) is 10.1. The van der Waals surface area contributed by atoms with Crippen LogP contribution < -0.4 is 10.6 Å². The fraction of sp³-hybridized carbons (Fsp3) is 0.867.